The summed E-state index contributed by atoms with van der Waals surface area (Å²) >= 11 is 6.55. The molecular formula is C9H9BrN2OS2. The third-order valence-corrected chi connectivity index (χ3v) is 4.31. The van der Waals surface area contributed by atoms with E-state index in [1.165, 1.54) is 0 Å². The zero-order chi connectivity index (χ0) is 10.7. The van der Waals surface area contributed by atoms with Crippen LogP contribution >= 0.6 is 39.0 Å². The monoisotopic (exact) mass is 304 g/mol. The normalized spacial score (nSPS) is 15.1. The van der Waals surface area contributed by atoms with E-state index >= 15 is 0 Å². The van der Waals surface area contributed by atoms with Crippen LogP contribution in [0.15, 0.2) is 20.9 Å². The zero-order valence-corrected chi connectivity index (χ0v) is 11.0. The van der Waals surface area contributed by atoms with Gasteiger partial charge in [-0.25, -0.2) is 0 Å². The van der Waals surface area contributed by atoms with Gasteiger partial charge in [0.15, 0.2) is 5.17 Å². The van der Waals surface area contributed by atoms with Gasteiger partial charge in [-0.3, -0.25) is 9.79 Å². The van der Waals surface area contributed by atoms with Gasteiger partial charge >= 0.3 is 0 Å². The number of carbonyl (C=O) groups is 1. The van der Waals surface area contributed by atoms with Crippen molar-refractivity contribution in [3.8, 4) is 0 Å². The van der Waals surface area contributed by atoms with Crippen molar-refractivity contribution in [2.24, 2.45) is 4.99 Å². The van der Waals surface area contributed by atoms with Gasteiger partial charge in [0.05, 0.1) is 16.8 Å². The summed E-state index contributed by atoms with van der Waals surface area (Å²) in [5, 5.41) is 3.56. The van der Waals surface area contributed by atoms with E-state index in [-0.39, 0.29) is 5.91 Å². The third kappa shape index (κ3) is 3.32. The summed E-state index contributed by atoms with van der Waals surface area (Å²) in [5.41, 5.74) is 0. The Hall–Kier alpha value is -0.330. The number of nitrogens with one attached hydrogen (secondary N) is 1. The number of amides is 1. The number of rotatable bonds is 2. The molecule has 2 heterocycles. The first-order valence-electron chi connectivity index (χ1n) is 4.45. The van der Waals surface area contributed by atoms with Crippen molar-refractivity contribution in [1.29, 1.82) is 0 Å². The lowest BCUT2D eigenvalue weighted by Crippen LogP contribution is -2.28. The van der Waals surface area contributed by atoms with Crippen molar-refractivity contribution in [2.75, 3.05) is 12.3 Å². The Kier molecular flexibility index (Phi) is 3.82. The average molecular weight is 305 g/mol. The van der Waals surface area contributed by atoms with E-state index in [4.69, 9.17) is 0 Å². The molecule has 80 valence electrons. The van der Waals surface area contributed by atoms with Gasteiger partial charge in [-0.2, -0.15) is 0 Å². The first-order chi connectivity index (χ1) is 7.24. The zero-order valence-electron chi connectivity index (χ0n) is 7.83. The molecular weight excluding hydrogens is 296 g/mol. The predicted octanol–water partition coefficient (Wildman–Crippen LogP) is 2.27. The molecule has 0 aliphatic carbocycles. The van der Waals surface area contributed by atoms with E-state index in [0.29, 0.717) is 6.42 Å². The van der Waals surface area contributed by atoms with Gasteiger partial charge in [-0.15, -0.1) is 11.3 Å². The Labute approximate surface area is 104 Å². The number of amidine groups is 1. The van der Waals surface area contributed by atoms with E-state index in [1.54, 1.807) is 23.1 Å². The molecule has 1 aromatic rings. The number of hydrogen-bond acceptors (Lipinski definition) is 4. The number of aliphatic imine (C=N–C) groups is 1. The minimum atomic E-state index is 0.0116. The van der Waals surface area contributed by atoms with Crippen LogP contribution in [-0.2, 0) is 11.2 Å². The van der Waals surface area contributed by atoms with Crippen LogP contribution in [0, 0.1) is 0 Å². The molecule has 2 rings (SSSR count). The maximum Gasteiger partial charge on any atom is 0.231 e. The smallest absolute Gasteiger partial charge is 0.231 e. The van der Waals surface area contributed by atoms with E-state index in [1.807, 2.05) is 12.1 Å². The van der Waals surface area contributed by atoms with Gasteiger partial charge in [-0.1, -0.05) is 11.8 Å². The van der Waals surface area contributed by atoms with E-state index < -0.39 is 0 Å². The highest BCUT2D eigenvalue weighted by molar-refractivity contribution is 9.11. The SMILES string of the molecule is O=C(Cc1ccc(Br)s1)NC1=NCCS1. The number of nitrogens with zero attached hydrogens (tertiary/aromatic N) is 1. The molecule has 0 unspecified atom stereocenters. The van der Waals surface area contributed by atoms with Crippen LogP contribution in [0.25, 0.3) is 0 Å². The molecule has 0 aromatic carbocycles. The van der Waals surface area contributed by atoms with Crippen molar-refractivity contribution in [2.45, 2.75) is 6.42 Å². The lowest BCUT2D eigenvalue weighted by atomic mass is 10.3. The Bertz CT molecular complexity index is 403. The number of carbonyl (C=O) groups excluding carboxylic acids is 1. The van der Waals surface area contributed by atoms with Crippen molar-refractivity contribution in [1.82, 2.24) is 5.32 Å². The lowest BCUT2D eigenvalue weighted by molar-refractivity contribution is -0.118. The first-order valence-corrected chi connectivity index (χ1v) is 7.05. The molecule has 1 N–H and O–H groups in total. The second kappa shape index (κ2) is 5.14. The summed E-state index contributed by atoms with van der Waals surface area (Å²) in [6.45, 7) is 0.810. The minimum absolute atomic E-state index is 0.0116. The average Bonchev–Trinajstić information content (AvgIpc) is 2.77. The third-order valence-electron chi connectivity index (χ3n) is 1.80. The fourth-order valence-corrected chi connectivity index (χ4v) is 3.41. The van der Waals surface area contributed by atoms with Crippen LogP contribution < -0.4 is 5.32 Å². The molecule has 0 atom stereocenters. The van der Waals surface area contributed by atoms with Crippen LogP contribution in [0.4, 0.5) is 0 Å². The van der Waals surface area contributed by atoms with Gasteiger partial charge < -0.3 is 5.32 Å². The van der Waals surface area contributed by atoms with Crippen LogP contribution in [-0.4, -0.2) is 23.4 Å². The molecule has 0 saturated heterocycles. The molecule has 6 heteroatoms. The number of thiophene rings is 1. The summed E-state index contributed by atoms with van der Waals surface area (Å²) in [6, 6.07) is 3.91. The van der Waals surface area contributed by atoms with Crippen LogP contribution in [0.5, 0.6) is 0 Å². The molecule has 0 radical (unpaired) electrons. The summed E-state index contributed by atoms with van der Waals surface area (Å²) in [7, 11) is 0. The molecule has 0 spiro atoms. The van der Waals surface area contributed by atoms with E-state index in [0.717, 1.165) is 26.1 Å². The van der Waals surface area contributed by atoms with Crippen LogP contribution in [0.2, 0.25) is 0 Å². The van der Waals surface area contributed by atoms with Gasteiger partial charge in [-0.05, 0) is 28.1 Å². The quantitative estimate of drug-likeness (QED) is 0.911. The van der Waals surface area contributed by atoms with E-state index in [2.05, 4.69) is 26.2 Å². The summed E-state index contributed by atoms with van der Waals surface area (Å²) in [4.78, 5) is 16.8. The number of halogens is 1. The van der Waals surface area contributed by atoms with Crippen LogP contribution in [0.1, 0.15) is 4.88 Å². The highest BCUT2D eigenvalue weighted by Crippen LogP contribution is 2.22. The minimum Gasteiger partial charge on any atom is -0.305 e. The Morgan fingerprint density at radius 1 is 1.60 bits per heavy atom. The number of thioether (sulfide) groups is 1. The predicted molar refractivity (Wildman–Crippen MR) is 68.6 cm³/mol. The highest BCUT2D eigenvalue weighted by atomic mass is 79.9. The summed E-state index contributed by atoms with van der Waals surface area (Å²) in [5.74, 6) is 0.984. The summed E-state index contributed by atoms with van der Waals surface area (Å²) in [6.07, 6.45) is 0.426. The fourth-order valence-electron chi connectivity index (χ4n) is 1.18. The topological polar surface area (TPSA) is 41.5 Å². The molecule has 1 amide bonds. The lowest BCUT2D eigenvalue weighted by Gasteiger charge is -2.01. The molecule has 1 aliphatic heterocycles. The Morgan fingerprint density at radius 2 is 2.47 bits per heavy atom. The summed E-state index contributed by atoms with van der Waals surface area (Å²) < 4.78 is 1.05. The van der Waals surface area contributed by atoms with E-state index in [9.17, 15) is 4.79 Å². The first kappa shape index (κ1) is 11.2. The van der Waals surface area contributed by atoms with Crippen LogP contribution in [0.3, 0.4) is 0 Å². The van der Waals surface area contributed by atoms with Gasteiger partial charge in [0.2, 0.25) is 5.91 Å². The molecule has 15 heavy (non-hydrogen) atoms. The molecule has 3 nitrogen and oxygen atoms in total. The van der Waals surface area contributed by atoms with Crippen molar-refractivity contribution < 1.29 is 4.79 Å². The van der Waals surface area contributed by atoms with Crippen molar-refractivity contribution in [3.63, 3.8) is 0 Å². The second-order valence-electron chi connectivity index (χ2n) is 2.97. The Morgan fingerprint density at radius 3 is 3.07 bits per heavy atom. The molecule has 1 aromatic heterocycles. The maximum absolute atomic E-state index is 11.6. The van der Waals surface area contributed by atoms with Gasteiger partial charge in [0, 0.05) is 10.6 Å². The standard InChI is InChI=1S/C9H9BrN2OS2/c10-7-2-1-6(15-7)5-8(13)12-9-11-3-4-14-9/h1-2H,3-5H2,(H,11,12,13). The molecule has 0 saturated carbocycles. The molecule has 1 aliphatic rings. The fraction of sp³-hybridized carbons (Fsp3) is 0.333. The molecule has 0 bridgehead atoms. The number of hydrogen-bond donors (Lipinski definition) is 1. The maximum atomic E-state index is 11.6. The highest BCUT2D eigenvalue weighted by Gasteiger charge is 2.11. The van der Waals surface area contributed by atoms with Gasteiger partial charge in [0.1, 0.15) is 0 Å². The van der Waals surface area contributed by atoms with Crippen molar-refractivity contribution in [3.05, 3.63) is 20.8 Å². The molecule has 0 fully saturated rings. The second-order valence-corrected chi connectivity index (χ2v) is 6.60. The Balaban J connectivity index is 1.87. The van der Waals surface area contributed by atoms with Crippen molar-refractivity contribution >= 4 is 50.1 Å². The van der Waals surface area contributed by atoms with Gasteiger partial charge in [0.25, 0.3) is 0 Å². The largest absolute Gasteiger partial charge is 0.305 e.